The number of piperidine rings is 1. The van der Waals surface area contributed by atoms with Gasteiger partial charge in [-0.15, -0.1) is 0 Å². The highest BCUT2D eigenvalue weighted by molar-refractivity contribution is 9.10. The molecule has 110 valence electrons. The lowest BCUT2D eigenvalue weighted by molar-refractivity contribution is 0.173. The maximum Gasteiger partial charge on any atom is 0.231 e. The highest BCUT2D eigenvalue weighted by atomic mass is 79.9. The quantitative estimate of drug-likeness (QED) is 0.916. The fourth-order valence-electron chi connectivity index (χ4n) is 3.03. The molecule has 3 rings (SSSR count). The van der Waals surface area contributed by atoms with Gasteiger partial charge in [0.05, 0.1) is 4.47 Å². The summed E-state index contributed by atoms with van der Waals surface area (Å²) in [6, 6.07) is 4.77. The second kappa shape index (κ2) is 5.92. The van der Waals surface area contributed by atoms with E-state index in [2.05, 4.69) is 52.3 Å². The van der Waals surface area contributed by atoms with Gasteiger partial charge in [-0.1, -0.05) is 6.92 Å². The number of nitrogens with zero attached hydrogens (tertiary/aromatic N) is 1. The van der Waals surface area contributed by atoms with Crippen LogP contribution in [0.4, 0.5) is 0 Å². The van der Waals surface area contributed by atoms with Crippen molar-refractivity contribution in [2.24, 2.45) is 5.92 Å². The number of hydrogen-bond acceptors (Lipinski definition) is 4. The minimum Gasteiger partial charge on any atom is -0.454 e. The third-order valence-electron chi connectivity index (χ3n) is 4.16. The molecule has 0 amide bonds. The number of halogens is 1. The predicted octanol–water partition coefficient (Wildman–Crippen LogP) is 2.61. The summed E-state index contributed by atoms with van der Waals surface area (Å²) in [4.78, 5) is 2.40. The van der Waals surface area contributed by atoms with Crippen LogP contribution >= 0.6 is 15.9 Å². The largest absolute Gasteiger partial charge is 0.454 e. The molecule has 1 aromatic carbocycles. The number of fused-ring (bicyclic) bond motifs is 1. The van der Waals surface area contributed by atoms with Crippen LogP contribution in [-0.2, 0) is 6.54 Å². The third kappa shape index (κ3) is 2.95. The molecule has 4 nitrogen and oxygen atoms in total. The van der Waals surface area contributed by atoms with E-state index in [1.54, 1.807) is 0 Å². The van der Waals surface area contributed by atoms with Crippen molar-refractivity contribution in [3.63, 3.8) is 0 Å². The Labute approximate surface area is 128 Å². The van der Waals surface area contributed by atoms with Gasteiger partial charge in [-0.05, 0) is 59.6 Å². The van der Waals surface area contributed by atoms with Gasteiger partial charge in [0.25, 0.3) is 0 Å². The van der Waals surface area contributed by atoms with Crippen LogP contribution in [0.2, 0.25) is 0 Å². The molecule has 1 fully saturated rings. The lowest BCUT2D eigenvalue weighted by Gasteiger charge is -2.35. The summed E-state index contributed by atoms with van der Waals surface area (Å²) in [7, 11) is 2.20. The predicted molar refractivity (Wildman–Crippen MR) is 82.2 cm³/mol. The van der Waals surface area contributed by atoms with Crippen LogP contribution in [0.3, 0.4) is 0 Å². The van der Waals surface area contributed by atoms with E-state index in [0.717, 1.165) is 22.5 Å². The van der Waals surface area contributed by atoms with Crippen molar-refractivity contribution in [1.29, 1.82) is 0 Å². The topological polar surface area (TPSA) is 33.7 Å². The van der Waals surface area contributed by atoms with Gasteiger partial charge in [0.1, 0.15) is 0 Å². The number of hydrogen-bond donors (Lipinski definition) is 1. The minimum absolute atomic E-state index is 0.316. The Kier molecular flexibility index (Phi) is 4.19. The zero-order valence-electron chi connectivity index (χ0n) is 12.0. The van der Waals surface area contributed by atoms with Gasteiger partial charge in [-0.25, -0.2) is 0 Å². The number of rotatable bonds is 3. The molecule has 0 radical (unpaired) electrons. The van der Waals surface area contributed by atoms with Crippen LogP contribution in [0.1, 0.15) is 18.9 Å². The normalized spacial score (nSPS) is 25.9. The maximum atomic E-state index is 5.46. The Hall–Kier alpha value is -0.780. The Morgan fingerprint density at radius 1 is 1.40 bits per heavy atom. The van der Waals surface area contributed by atoms with Gasteiger partial charge in [0.2, 0.25) is 6.79 Å². The van der Waals surface area contributed by atoms with Gasteiger partial charge < -0.3 is 19.7 Å². The molecular formula is C15H21BrN2O2. The van der Waals surface area contributed by atoms with Crippen molar-refractivity contribution in [3.8, 4) is 11.5 Å². The maximum absolute atomic E-state index is 5.46. The summed E-state index contributed by atoms with van der Waals surface area (Å²) in [5.41, 5.74) is 1.23. The molecule has 2 heterocycles. The van der Waals surface area contributed by atoms with Crippen LogP contribution in [-0.4, -0.2) is 37.9 Å². The summed E-state index contributed by atoms with van der Waals surface area (Å²) < 4.78 is 11.8. The van der Waals surface area contributed by atoms with Crippen molar-refractivity contribution in [2.75, 3.05) is 26.9 Å². The molecule has 0 aliphatic carbocycles. The first-order chi connectivity index (χ1) is 9.63. The van der Waals surface area contributed by atoms with Crippen molar-refractivity contribution in [2.45, 2.75) is 25.9 Å². The molecule has 2 aliphatic heterocycles. The first-order valence-corrected chi connectivity index (χ1v) is 7.92. The van der Waals surface area contributed by atoms with E-state index < -0.39 is 0 Å². The zero-order valence-corrected chi connectivity index (χ0v) is 13.6. The number of ether oxygens (including phenoxy) is 2. The van der Waals surface area contributed by atoms with Crippen molar-refractivity contribution >= 4 is 15.9 Å². The van der Waals surface area contributed by atoms with Gasteiger partial charge in [-0.3, -0.25) is 0 Å². The van der Waals surface area contributed by atoms with Crippen LogP contribution in [0, 0.1) is 5.92 Å². The molecule has 0 aromatic heterocycles. The highest BCUT2D eigenvalue weighted by Gasteiger charge is 2.24. The second-order valence-electron chi connectivity index (χ2n) is 5.83. The third-order valence-corrected chi connectivity index (χ3v) is 4.75. The van der Waals surface area contributed by atoms with Gasteiger partial charge in [-0.2, -0.15) is 0 Å². The lowest BCUT2D eigenvalue weighted by atomic mass is 9.94. The first kappa shape index (κ1) is 14.2. The number of likely N-dealkylation sites (tertiary alicyclic amines) is 1. The standard InChI is InChI=1S/C15H21BrN2O2/c1-10-8-18(2)4-3-13(10)17-7-11-5-12(16)15-14(6-11)19-9-20-15/h5-6,10,13,17H,3-4,7-9H2,1-2H3. The highest BCUT2D eigenvalue weighted by Crippen LogP contribution is 2.40. The molecule has 2 atom stereocenters. The zero-order chi connectivity index (χ0) is 14.1. The van der Waals surface area contributed by atoms with E-state index in [1.165, 1.54) is 25.1 Å². The molecule has 1 aromatic rings. The summed E-state index contributed by atoms with van der Waals surface area (Å²) in [6.07, 6.45) is 1.21. The van der Waals surface area contributed by atoms with E-state index in [4.69, 9.17) is 9.47 Å². The number of nitrogens with one attached hydrogen (secondary N) is 1. The fraction of sp³-hybridized carbons (Fsp3) is 0.600. The van der Waals surface area contributed by atoms with Crippen LogP contribution in [0.25, 0.3) is 0 Å². The van der Waals surface area contributed by atoms with Gasteiger partial charge in [0.15, 0.2) is 11.5 Å². The van der Waals surface area contributed by atoms with E-state index in [-0.39, 0.29) is 0 Å². The van der Waals surface area contributed by atoms with E-state index >= 15 is 0 Å². The van der Waals surface area contributed by atoms with Gasteiger partial charge in [0, 0.05) is 19.1 Å². The average Bonchev–Trinajstić information content (AvgIpc) is 2.86. The summed E-state index contributed by atoms with van der Waals surface area (Å²) >= 11 is 3.54. The fourth-order valence-corrected chi connectivity index (χ4v) is 3.63. The minimum atomic E-state index is 0.316. The SMILES string of the molecule is CC1CN(C)CCC1NCc1cc(Br)c2c(c1)OCO2. The molecule has 20 heavy (non-hydrogen) atoms. The molecule has 2 aliphatic rings. The average molecular weight is 341 g/mol. The van der Waals surface area contributed by atoms with Crippen LogP contribution in [0.15, 0.2) is 16.6 Å². The lowest BCUT2D eigenvalue weighted by Crippen LogP contribution is -2.46. The smallest absolute Gasteiger partial charge is 0.231 e. The first-order valence-electron chi connectivity index (χ1n) is 7.13. The van der Waals surface area contributed by atoms with Crippen LogP contribution < -0.4 is 14.8 Å². The molecular weight excluding hydrogens is 320 g/mol. The molecule has 0 saturated carbocycles. The Morgan fingerprint density at radius 2 is 2.25 bits per heavy atom. The summed E-state index contributed by atoms with van der Waals surface area (Å²) in [5, 5.41) is 3.68. The summed E-state index contributed by atoms with van der Waals surface area (Å²) in [6.45, 7) is 5.85. The van der Waals surface area contributed by atoms with E-state index in [1.807, 2.05) is 0 Å². The Bertz CT molecular complexity index is 495. The molecule has 5 heteroatoms. The van der Waals surface area contributed by atoms with Crippen molar-refractivity contribution < 1.29 is 9.47 Å². The monoisotopic (exact) mass is 340 g/mol. The second-order valence-corrected chi connectivity index (χ2v) is 6.68. The Balaban J connectivity index is 1.63. The van der Waals surface area contributed by atoms with Crippen molar-refractivity contribution in [3.05, 3.63) is 22.2 Å². The Morgan fingerprint density at radius 3 is 3.05 bits per heavy atom. The molecule has 1 saturated heterocycles. The molecule has 1 N–H and O–H groups in total. The summed E-state index contributed by atoms with van der Waals surface area (Å²) in [5.74, 6) is 2.35. The molecule has 0 spiro atoms. The van der Waals surface area contributed by atoms with Gasteiger partial charge >= 0.3 is 0 Å². The van der Waals surface area contributed by atoms with Crippen LogP contribution in [0.5, 0.6) is 11.5 Å². The van der Waals surface area contributed by atoms with Crippen molar-refractivity contribution in [1.82, 2.24) is 10.2 Å². The molecule has 0 bridgehead atoms. The molecule has 2 unspecified atom stereocenters. The van der Waals surface area contributed by atoms with E-state index in [9.17, 15) is 0 Å². The number of benzene rings is 1. The van der Waals surface area contributed by atoms with E-state index in [0.29, 0.717) is 18.8 Å².